The molecule has 0 saturated carbocycles. The molecule has 0 spiro atoms. The van der Waals surface area contributed by atoms with Crippen LogP contribution < -0.4 is 43.5 Å². The van der Waals surface area contributed by atoms with Crippen molar-refractivity contribution in [2.24, 2.45) is 0 Å². The van der Waals surface area contributed by atoms with Gasteiger partial charge in [-0.2, -0.15) is 0 Å². The molecule has 1 aromatic carbocycles. The van der Waals surface area contributed by atoms with Crippen LogP contribution in [0.4, 0.5) is 5.69 Å². The quantitative estimate of drug-likeness (QED) is 0.318. The van der Waals surface area contributed by atoms with Gasteiger partial charge in [-0.1, -0.05) is 0 Å². The number of benzene rings is 1. The third-order valence-electron chi connectivity index (χ3n) is 1.54. The maximum absolute atomic E-state index is 10.6. The zero-order chi connectivity index (χ0) is 11.9. The molecule has 0 aliphatic rings. The van der Waals surface area contributed by atoms with Gasteiger partial charge in [-0.25, -0.2) is 16.8 Å². The molecule has 0 atom stereocenters. The summed E-state index contributed by atoms with van der Waals surface area (Å²) in [5, 5.41) is 0. The summed E-state index contributed by atoms with van der Waals surface area (Å²) in [7, 11) is -9.71. The van der Waals surface area contributed by atoms with E-state index in [0.717, 1.165) is 12.1 Å². The van der Waals surface area contributed by atoms with Crippen molar-refractivity contribution >= 4 is 25.9 Å². The fourth-order valence-electron chi connectivity index (χ4n) is 0.887. The average molecular weight is 265 g/mol. The molecule has 0 bridgehead atoms. The molecule has 0 saturated heterocycles. The van der Waals surface area contributed by atoms with Crippen molar-refractivity contribution in [1.82, 2.24) is 0 Å². The molecule has 17 heavy (non-hydrogen) atoms. The fraction of sp³-hybridized carbons (Fsp3) is 0. The van der Waals surface area contributed by atoms with E-state index in [4.69, 9.17) is 5.73 Å². The van der Waals surface area contributed by atoms with Crippen LogP contribution in [0.5, 0.6) is 0 Å². The van der Waals surface area contributed by atoms with E-state index in [1.807, 2.05) is 0 Å². The van der Waals surface area contributed by atoms with Crippen LogP contribution in [0.15, 0.2) is 28.0 Å². The zero-order valence-corrected chi connectivity index (χ0v) is 10.7. The Morgan fingerprint density at radius 1 is 0.941 bits per heavy atom. The zero-order valence-electron chi connectivity index (χ0n) is 9.08. The molecule has 0 aliphatic carbocycles. The Balaban J connectivity index is 0. The average Bonchev–Trinajstić information content (AvgIpc) is 2.00. The van der Waals surface area contributed by atoms with E-state index in [2.05, 4.69) is 0 Å². The van der Waals surface area contributed by atoms with Crippen molar-refractivity contribution in [3.8, 4) is 0 Å². The number of anilines is 1. The number of rotatable bonds is 2. The van der Waals surface area contributed by atoms with Crippen LogP contribution in [-0.2, 0) is 20.2 Å². The van der Waals surface area contributed by atoms with Crippen molar-refractivity contribution in [1.29, 1.82) is 0 Å². The van der Waals surface area contributed by atoms with Gasteiger partial charge >= 0.3 is 37.7 Å². The molecule has 0 radical (unpaired) electrons. The molecule has 1 rings (SSSR count). The molecule has 0 amide bonds. The topological polar surface area (TPSA) is 140 Å². The van der Waals surface area contributed by atoms with E-state index >= 15 is 0 Å². The van der Waals surface area contributed by atoms with Crippen LogP contribution in [0.25, 0.3) is 0 Å². The van der Waals surface area contributed by atoms with Gasteiger partial charge in [0, 0.05) is 5.69 Å². The first-order valence-electron chi connectivity index (χ1n) is 3.43. The van der Waals surface area contributed by atoms with Crippen LogP contribution in [-0.4, -0.2) is 25.9 Å². The van der Waals surface area contributed by atoms with Crippen LogP contribution >= 0.6 is 0 Å². The van der Waals surface area contributed by atoms with Crippen LogP contribution in [0.3, 0.4) is 0 Å². The minimum Gasteiger partial charge on any atom is -0.744 e. The van der Waals surface area contributed by atoms with Gasteiger partial charge in [-0.05, 0) is 18.2 Å². The second kappa shape index (κ2) is 6.27. The van der Waals surface area contributed by atoms with Gasteiger partial charge in [0.1, 0.15) is 20.2 Å². The standard InChI is InChI=1S/C6H7NO6S2.2Li/c7-5-2-1-4(14(8,9)10)3-6(5)15(11,12)13;;/h1-3H,7H2,(H,8,9,10)(H,11,12,13);;/q;2*+1/p-2. The Hall–Kier alpha value is 0.0348. The van der Waals surface area contributed by atoms with Crippen LogP contribution in [0, 0.1) is 0 Å². The second-order valence-corrected chi connectivity index (χ2v) is 5.34. The van der Waals surface area contributed by atoms with E-state index in [-0.39, 0.29) is 37.7 Å². The largest absolute Gasteiger partial charge is 1.00 e. The smallest absolute Gasteiger partial charge is 0.744 e. The summed E-state index contributed by atoms with van der Waals surface area (Å²) in [6.45, 7) is 0. The summed E-state index contributed by atoms with van der Waals surface area (Å²) in [5.41, 5.74) is 4.74. The van der Waals surface area contributed by atoms with Crippen molar-refractivity contribution in [2.45, 2.75) is 9.79 Å². The second-order valence-electron chi connectivity index (χ2n) is 2.61. The minimum absolute atomic E-state index is 0. The van der Waals surface area contributed by atoms with Crippen LogP contribution in [0.1, 0.15) is 0 Å². The van der Waals surface area contributed by atoms with E-state index in [0.29, 0.717) is 6.07 Å². The molecule has 0 aliphatic heterocycles. The normalized spacial score (nSPS) is 11.2. The Kier molecular flexibility index (Phi) is 7.15. The van der Waals surface area contributed by atoms with Gasteiger partial charge in [0.15, 0.2) is 0 Å². The van der Waals surface area contributed by atoms with Gasteiger partial charge in [0.2, 0.25) is 0 Å². The number of hydrogen-bond donors (Lipinski definition) is 1. The Morgan fingerprint density at radius 3 is 1.76 bits per heavy atom. The van der Waals surface area contributed by atoms with Gasteiger partial charge < -0.3 is 14.8 Å². The molecule has 7 nitrogen and oxygen atoms in total. The monoisotopic (exact) mass is 265 g/mol. The van der Waals surface area contributed by atoms with E-state index in [1.54, 1.807) is 0 Å². The molecule has 1 aromatic rings. The van der Waals surface area contributed by atoms with Crippen molar-refractivity contribution in [3.63, 3.8) is 0 Å². The van der Waals surface area contributed by atoms with Crippen molar-refractivity contribution < 1.29 is 63.7 Å². The van der Waals surface area contributed by atoms with Crippen molar-refractivity contribution in [2.75, 3.05) is 5.73 Å². The summed E-state index contributed by atoms with van der Waals surface area (Å²) in [6, 6.07) is 2.14. The number of nitrogen functional groups attached to an aromatic ring is 1. The molecule has 84 valence electrons. The predicted molar refractivity (Wildman–Crippen MR) is 46.8 cm³/mol. The number of nitrogens with two attached hydrogens (primary N) is 1. The molecule has 0 aromatic heterocycles. The molecule has 2 N–H and O–H groups in total. The molecule has 0 unspecified atom stereocenters. The van der Waals surface area contributed by atoms with Crippen molar-refractivity contribution in [3.05, 3.63) is 18.2 Å². The van der Waals surface area contributed by atoms with E-state index in [1.165, 1.54) is 0 Å². The SMILES string of the molecule is Nc1ccc(S(=O)(=O)[O-])cc1S(=O)(=O)[O-].[Li+].[Li+]. The summed E-state index contributed by atoms with van der Waals surface area (Å²) in [4.78, 5) is -1.73. The first kappa shape index (κ1) is 19.4. The molecular weight excluding hydrogens is 260 g/mol. The Bertz CT molecular complexity index is 597. The maximum Gasteiger partial charge on any atom is 1.00 e. The summed E-state index contributed by atoms with van der Waals surface area (Å²) < 4.78 is 63.4. The van der Waals surface area contributed by atoms with Gasteiger partial charge in [0.05, 0.1) is 9.79 Å². The Morgan fingerprint density at radius 2 is 1.41 bits per heavy atom. The first-order valence-corrected chi connectivity index (χ1v) is 6.25. The third kappa shape index (κ3) is 5.04. The first-order chi connectivity index (χ1) is 6.62. The van der Waals surface area contributed by atoms with Gasteiger partial charge in [0.25, 0.3) is 0 Å². The Labute approximate surface area is 123 Å². The minimum atomic E-state index is -4.89. The third-order valence-corrected chi connectivity index (χ3v) is 3.27. The summed E-state index contributed by atoms with van der Waals surface area (Å²) >= 11 is 0. The molecule has 0 fully saturated rings. The summed E-state index contributed by atoms with van der Waals surface area (Å²) in [5.74, 6) is 0. The van der Waals surface area contributed by atoms with Gasteiger partial charge in [-0.3, -0.25) is 0 Å². The molecule has 11 heteroatoms. The van der Waals surface area contributed by atoms with E-state index in [9.17, 15) is 25.9 Å². The summed E-state index contributed by atoms with van der Waals surface area (Å²) in [6.07, 6.45) is 0. The van der Waals surface area contributed by atoms with Crippen LogP contribution in [0.2, 0.25) is 0 Å². The predicted octanol–water partition coefficient (Wildman–Crippen LogP) is -6.92. The number of hydrogen-bond acceptors (Lipinski definition) is 7. The maximum atomic E-state index is 10.6. The fourth-order valence-corrected chi connectivity index (χ4v) is 2.09. The molecular formula is C6H5Li2NO6S2. The van der Waals surface area contributed by atoms with Gasteiger partial charge in [-0.15, -0.1) is 0 Å². The molecule has 0 heterocycles. The van der Waals surface area contributed by atoms with E-state index < -0.39 is 35.7 Å².